The first-order valence-corrected chi connectivity index (χ1v) is 11.4. The van der Waals surface area contributed by atoms with Crippen LogP contribution in [0, 0.1) is 11.3 Å². The van der Waals surface area contributed by atoms with Crippen LogP contribution < -0.4 is 9.64 Å². The van der Waals surface area contributed by atoms with E-state index in [1.54, 1.807) is 66.7 Å². The van der Waals surface area contributed by atoms with Crippen molar-refractivity contribution in [2.24, 2.45) is 0 Å². The molecule has 0 aliphatic carbocycles. The fraction of sp³-hybridized carbons (Fsp3) is 0.138. The molecule has 0 saturated heterocycles. The van der Waals surface area contributed by atoms with Gasteiger partial charge in [-0.25, -0.2) is 0 Å². The van der Waals surface area contributed by atoms with Gasteiger partial charge in [0.05, 0.1) is 29.4 Å². The zero-order chi connectivity index (χ0) is 25.4. The molecule has 1 aromatic heterocycles. The molecule has 178 valence electrons. The highest BCUT2D eigenvalue weighted by atomic mass is 16.5. The topological polar surface area (TPSA) is 104 Å². The zero-order valence-corrected chi connectivity index (χ0v) is 19.6. The molecule has 1 aliphatic heterocycles. The number of hydrogen-bond acceptors (Lipinski definition) is 6. The van der Waals surface area contributed by atoms with Gasteiger partial charge in [0, 0.05) is 11.1 Å². The number of Topliss-reactive ketones (excluding diaryl/α,β-unsaturated/α-hetero) is 1. The molecular weight excluding hydrogens is 456 g/mol. The number of benzene rings is 3. The summed E-state index contributed by atoms with van der Waals surface area (Å²) in [6.45, 7) is 3.84. The van der Waals surface area contributed by atoms with E-state index in [9.17, 15) is 14.7 Å². The van der Waals surface area contributed by atoms with E-state index in [0.717, 1.165) is 5.39 Å². The first-order chi connectivity index (χ1) is 17.4. The lowest BCUT2D eigenvalue weighted by atomic mass is 9.94. The molecule has 1 N–H and O–H groups in total. The number of rotatable bonds is 6. The van der Waals surface area contributed by atoms with Crippen LogP contribution in [0.2, 0.25) is 0 Å². The summed E-state index contributed by atoms with van der Waals surface area (Å²) < 4.78 is 11.5. The van der Waals surface area contributed by atoms with Crippen molar-refractivity contribution in [1.82, 2.24) is 0 Å². The number of ether oxygens (including phenoxy) is 1. The molecule has 1 unspecified atom stereocenters. The second kappa shape index (κ2) is 9.08. The third-order valence-electron chi connectivity index (χ3n) is 5.94. The van der Waals surface area contributed by atoms with E-state index in [2.05, 4.69) is 0 Å². The van der Waals surface area contributed by atoms with Crippen LogP contribution in [0.4, 0.5) is 5.69 Å². The highest BCUT2D eigenvalue weighted by molar-refractivity contribution is 6.20. The van der Waals surface area contributed by atoms with E-state index >= 15 is 0 Å². The van der Waals surface area contributed by atoms with Crippen LogP contribution in [0.15, 0.2) is 94.6 Å². The van der Waals surface area contributed by atoms with E-state index in [-0.39, 0.29) is 17.4 Å². The largest absolute Gasteiger partial charge is 0.503 e. The quantitative estimate of drug-likeness (QED) is 0.347. The van der Waals surface area contributed by atoms with Crippen molar-refractivity contribution in [3.8, 4) is 11.8 Å². The van der Waals surface area contributed by atoms with Gasteiger partial charge in [0.1, 0.15) is 11.3 Å². The van der Waals surface area contributed by atoms with Gasteiger partial charge < -0.3 is 14.3 Å². The molecule has 7 heteroatoms. The third-order valence-corrected chi connectivity index (χ3v) is 5.94. The van der Waals surface area contributed by atoms with E-state index < -0.39 is 23.5 Å². The summed E-state index contributed by atoms with van der Waals surface area (Å²) in [5.74, 6) is -1.27. The molecule has 5 rings (SSSR count). The van der Waals surface area contributed by atoms with Crippen molar-refractivity contribution in [2.75, 3.05) is 4.90 Å². The lowest BCUT2D eigenvalue weighted by Gasteiger charge is -2.27. The van der Waals surface area contributed by atoms with Crippen LogP contribution in [0.3, 0.4) is 0 Å². The Kier molecular flexibility index (Phi) is 5.79. The number of carbonyl (C=O) groups is 2. The number of furan rings is 1. The number of carbonyl (C=O) groups excluding carboxylic acids is 2. The summed E-state index contributed by atoms with van der Waals surface area (Å²) in [4.78, 5) is 28.4. The number of nitrogens with zero attached hydrogens (tertiary/aromatic N) is 2. The summed E-state index contributed by atoms with van der Waals surface area (Å²) >= 11 is 0. The van der Waals surface area contributed by atoms with Crippen LogP contribution in [0.1, 0.15) is 41.6 Å². The van der Waals surface area contributed by atoms with E-state index in [4.69, 9.17) is 14.4 Å². The molecule has 1 atom stereocenters. The standard InChI is InChI=1S/C29H22N2O5/c1-17(2)35-22-13-9-19(10-14-22)26-25(27(32)24-15-20-5-3-4-6-23(20)36-24)28(33)29(34)31(26)21-11-7-18(16-30)8-12-21/h3-15,17,26,33H,1-2H3. The molecule has 36 heavy (non-hydrogen) atoms. The smallest absolute Gasteiger partial charge is 0.294 e. The van der Waals surface area contributed by atoms with Crippen molar-refractivity contribution in [1.29, 1.82) is 5.26 Å². The number of aliphatic hydroxyl groups is 1. The molecule has 2 heterocycles. The predicted molar refractivity (Wildman–Crippen MR) is 134 cm³/mol. The minimum atomic E-state index is -0.917. The normalized spacial score (nSPS) is 15.6. The van der Waals surface area contributed by atoms with Gasteiger partial charge in [-0.1, -0.05) is 30.3 Å². The number of hydrogen-bond donors (Lipinski definition) is 1. The van der Waals surface area contributed by atoms with Crippen molar-refractivity contribution in [3.05, 3.63) is 107 Å². The van der Waals surface area contributed by atoms with Crippen LogP contribution in [0.5, 0.6) is 5.75 Å². The van der Waals surface area contributed by atoms with Gasteiger partial charge in [-0.3, -0.25) is 14.5 Å². The van der Waals surface area contributed by atoms with Gasteiger partial charge in [-0.2, -0.15) is 5.26 Å². The predicted octanol–water partition coefficient (Wildman–Crippen LogP) is 5.87. The number of para-hydroxylation sites is 1. The Morgan fingerprint density at radius 1 is 1.06 bits per heavy atom. The monoisotopic (exact) mass is 478 g/mol. The van der Waals surface area contributed by atoms with Gasteiger partial charge in [0.15, 0.2) is 11.5 Å². The molecule has 4 aromatic rings. The summed E-state index contributed by atoms with van der Waals surface area (Å²) in [7, 11) is 0. The number of ketones is 1. The number of nitriles is 1. The molecule has 1 aliphatic rings. The van der Waals surface area contributed by atoms with E-state index in [1.807, 2.05) is 32.0 Å². The number of fused-ring (bicyclic) bond motifs is 1. The van der Waals surface area contributed by atoms with Crippen LogP contribution in [-0.2, 0) is 4.79 Å². The average Bonchev–Trinajstić information content (AvgIpc) is 3.43. The zero-order valence-electron chi connectivity index (χ0n) is 19.6. The molecule has 0 radical (unpaired) electrons. The van der Waals surface area contributed by atoms with E-state index in [0.29, 0.717) is 28.1 Å². The third kappa shape index (κ3) is 3.99. The van der Waals surface area contributed by atoms with Gasteiger partial charge in [0.25, 0.3) is 5.91 Å². The number of anilines is 1. The van der Waals surface area contributed by atoms with Crippen LogP contribution >= 0.6 is 0 Å². The Balaban J connectivity index is 1.62. The number of aliphatic hydroxyl groups excluding tert-OH is 1. The molecule has 1 amide bonds. The Labute approximate surface area is 207 Å². The van der Waals surface area contributed by atoms with Crippen molar-refractivity contribution >= 4 is 28.3 Å². The van der Waals surface area contributed by atoms with Crippen LogP contribution in [0.25, 0.3) is 11.0 Å². The Morgan fingerprint density at radius 2 is 1.75 bits per heavy atom. The van der Waals surface area contributed by atoms with Crippen LogP contribution in [-0.4, -0.2) is 22.9 Å². The molecule has 0 fully saturated rings. The summed E-state index contributed by atoms with van der Waals surface area (Å²) in [6.07, 6.45) is -0.0202. The van der Waals surface area contributed by atoms with E-state index in [1.165, 1.54) is 4.90 Å². The minimum Gasteiger partial charge on any atom is -0.503 e. The van der Waals surface area contributed by atoms with Gasteiger partial charge in [-0.05, 0) is 67.9 Å². The second-order valence-corrected chi connectivity index (χ2v) is 8.71. The van der Waals surface area contributed by atoms with Crippen molar-refractivity contribution in [3.63, 3.8) is 0 Å². The first kappa shape index (κ1) is 22.9. The fourth-order valence-corrected chi connectivity index (χ4v) is 4.34. The summed E-state index contributed by atoms with van der Waals surface area (Å²) in [6, 6.07) is 23.3. The Bertz CT molecular complexity index is 1510. The average molecular weight is 479 g/mol. The lowest BCUT2D eigenvalue weighted by Crippen LogP contribution is -2.31. The van der Waals surface area contributed by atoms with Crippen molar-refractivity contribution in [2.45, 2.75) is 26.0 Å². The maximum atomic E-state index is 13.7. The Morgan fingerprint density at radius 3 is 2.39 bits per heavy atom. The SMILES string of the molecule is CC(C)Oc1ccc(C2C(C(=O)c3cc4ccccc4o3)=C(O)C(=O)N2c2ccc(C#N)cc2)cc1. The highest BCUT2D eigenvalue weighted by Gasteiger charge is 2.45. The molecule has 0 spiro atoms. The maximum Gasteiger partial charge on any atom is 0.294 e. The summed E-state index contributed by atoms with van der Waals surface area (Å²) in [5, 5.41) is 20.8. The lowest BCUT2D eigenvalue weighted by molar-refractivity contribution is -0.117. The second-order valence-electron chi connectivity index (χ2n) is 8.71. The first-order valence-electron chi connectivity index (χ1n) is 11.4. The number of amides is 1. The van der Waals surface area contributed by atoms with Gasteiger partial charge >= 0.3 is 0 Å². The summed E-state index contributed by atoms with van der Waals surface area (Å²) in [5.41, 5.74) is 1.91. The fourth-order valence-electron chi connectivity index (χ4n) is 4.34. The molecule has 3 aromatic carbocycles. The molecule has 0 saturated carbocycles. The minimum absolute atomic E-state index is 0.0202. The molecule has 0 bridgehead atoms. The maximum absolute atomic E-state index is 13.7. The van der Waals surface area contributed by atoms with Gasteiger partial charge in [-0.15, -0.1) is 0 Å². The molecule has 7 nitrogen and oxygen atoms in total. The van der Waals surface area contributed by atoms with Crippen molar-refractivity contribution < 1.29 is 23.8 Å². The molecular formula is C29H22N2O5. The van der Waals surface area contributed by atoms with Gasteiger partial charge in [0.2, 0.25) is 5.78 Å². The highest BCUT2D eigenvalue weighted by Crippen LogP contribution is 2.42. The Hall–Kier alpha value is -4.83.